The van der Waals surface area contributed by atoms with E-state index in [1.165, 1.54) is 29.3 Å². The fraction of sp³-hybridized carbons (Fsp3) is 0.727. The average molecular weight is 225 g/mol. The van der Waals surface area contributed by atoms with E-state index in [-0.39, 0.29) is 6.04 Å². The molecule has 0 radical (unpaired) electrons. The van der Waals surface area contributed by atoms with Gasteiger partial charge in [-0.05, 0) is 39.8 Å². The number of rotatable bonds is 3. The van der Waals surface area contributed by atoms with Gasteiger partial charge in [-0.1, -0.05) is 0 Å². The molecule has 4 heteroatoms. The minimum absolute atomic E-state index is 0.236. The molecule has 1 fully saturated rings. The van der Waals surface area contributed by atoms with E-state index in [0.717, 1.165) is 6.42 Å². The standard InChI is InChI=1S/C11H19N3S/c1-8(12)6-9-7-13-11(15-9)10-4-3-5-14(10)2/h7-8,10H,3-6,12H2,1-2H3. The summed E-state index contributed by atoms with van der Waals surface area (Å²) in [5.41, 5.74) is 5.78. The van der Waals surface area contributed by atoms with Crippen LogP contribution in [0.25, 0.3) is 0 Å². The molecule has 0 saturated carbocycles. The first-order valence-corrected chi connectivity index (χ1v) is 6.39. The van der Waals surface area contributed by atoms with Gasteiger partial charge in [0.05, 0.1) is 6.04 Å². The van der Waals surface area contributed by atoms with E-state index in [1.54, 1.807) is 0 Å². The molecule has 1 aliphatic rings. The van der Waals surface area contributed by atoms with Gasteiger partial charge in [0.2, 0.25) is 0 Å². The summed E-state index contributed by atoms with van der Waals surface area (Å²) in [6.45, 7) is 3.24. The summed E-state index contributed by atoms with van der Waals surface area (Å²) in [6, 6.07) is 0.788. The highest BCUT2D eigenvalue weighted by Crippen LogP contribution is 2.32. The molecule has 2 N–H and O–H groups in total. The van der Waals surface area contributed by atoms with Crippen molar-refractivity contribution < 1.29 is 0 Å². The van der Waals surface area contributed by atoms with Crippen molar-refractivity contribution in [2.45, 2.75) is 38.3 Å². The zero-order valence-corrected chi connectivity index (χ0v) is 10.3. The summed E-state index contributed by atoms with van der Waals surface area (Å²) in [7, 11) is 2.18. The maximum Gasteiger partial charge on any atom is 0.110 e. The van der Waals surface area contributed by atoms with Crippen molar-refractivity contribution in [1.29, 1.82) is 0 Å². The lowest BCUT2D eigenvalue weighted by Gasteiger charge is -2.16. The molecule has 84 valence electrons. The molecular weight excluding hydrogens is 206 g/mol. The summed E-state index contributed by atoms with van der Waals surface area (Å²) >= 11 is 1.83. The molecule has 1 aromatic heterocycles. The van der Waals surface area contributed by atoms with Gasteiger partial charge in [-0.15, -0.1) is 11.3 Å². The number of hydrogen-bond acceptors (Lipinski definition) is 4. The lowest BCUT2D eigenvalue weighted by Crippen LogP contribution is -2.17. The summed E-state index contributed by atoms with van der Waals surface area (Å²) < 4.78 is 0. The number of hydrogen-bond donors (Lipinski definition) is 1. The second-order valence-electron chi connectivity index (χ2n) is 4.48. The van der Waals surface area contributed by atoms with Gasteiger partial charge in [0, 0.05) is 17.1 Å². The van der Waals surface area contributed by atoms with Crippen molar-refractivity contribution in [3.05, 3.63) is 16.1 Å². The molecule has 2 atom stereocenters. The van der Waals surface area contributed by atoms with Gasteiger partial charge >= 0.3 is 0 Å². The molecular formula is C11H19N3S. The fourth-order valence-corrected chi connectivity index (χ4v) is 3.37. The molecule has 1 aromatic rings. The van der Waals surface area contributed by atoms with Crippen LogP contribution in [-0.2, 0) is 6.42 Å². The van der Waals surface area contributed by atoms with Crippen LogP contribution < -0.4 is 5.73 Å². The van der Waals surface area contributed by atoms with Gasteiger partial charge < -0.3 is 5.73 Å². The Balaban J connectivity index is 2.06. The van der Waals surface area contributed by atoms with Crippen molar-refractivity contribution in [1.82, 2.24) is 9.88 Å². The second kappa shape index (κ2) is 4.60. The Morgan fingerprint density at radius 3 is 3.13 bits per heavy atom. The molecule has 2 unspecified atom stereocenters. The molecule has 0 bridgehead atoms. The van der Waals surface area contributed by atoms with Crippen molar-refractivity contribution in [2.75, 3.05) is 13.6 Å². The third-order valence-corrected chi connectivity index (χ3v) is 4.02. The number of likely N-dealkylation sites (tertiary alicyclic amines) is 1. The largest absolute Gasteiger partial charge is 0.328 e. The van der Waals surface area contributed by atoms with Crippen LogP contribution in [-0.4, -0.2) is 29.5 Å². The molecule has 1 aliphatic heterocycles. The molecule has 0 aliphatic carbocycles. The minimum atomic E-state index is 0.236. The Morgan fingerprint density at radius 2 is 2.53 bits per heavy atom. The lowest BCUT2D eigenvalue weighted by molar-refractivity contribution is 0.316. The van der Waals surface area contributed by atoms with Crippen LogP contribution in [0.5, 0.6) is 0 Å². The van der Waals surface area contributed by atoms with E-state index in [2.05, 4.69) is 16.9 Å². The molecule has 2 heterocycles. The van der Waals surface area contributed by atoms with Crippen LogP contribution in [0, 0.1) is 0 Å². The third-order valence-electron chi connectivity index (χ3n) is 2.90. The topological polar surface area (TPSA) is 42.1 Å². The minimum Gasteiger partial charge on any atom is -0.328 e. The molecule has 2 rings (SSSR count). The van der Waals surface area contributed by atoms with Gasteiger partial charge in [-0.3, -0.25) is 4.90 Å². The average Bonchev–Trinajstić information content (AvgIpc) is 2.72. The molecule has 0 spiro atoms. The predicted molar refractivity (Wildman–Crippen MR) is 64.1 cm³/mol. The van der Waals surface area contributed by atoms with Gasteiger partial charge in [-0.25, -0.2) is 4.98 Å². The van der Waals surface area contributed by atoms with Crippen LogP contribution >= 0.6 is 11.3 Å². The van der Waals surface area contributed by atoms with Gasteiger partial charge in [0.1, 0.15) is 5.01 Å². The highest BCUT2D eigenvalue weighted by Gasteiger charge is 2.25. The quantitative estimate of drug-likeness (QED) is 0.853. The molecule has 3 nitrogen and oxygen atoms in total. The van der Waals surface area contributed by atoms with Crippen molar-refractivity contribution >= 4 is 11.3 Å². The summed E-state index contributed by atoms with van der Waals surface area (Å²) in [4.78, 5) is 8.24. The monoisotopic (exact) mass is 225 g/mol. The first-order chi connectivity index (χ1) is 7.16. The van der Waals surface area contributed by atoms with E-state index in [4.69, 9.17) is 5.73 Å². The normalized spacial score (nSPS) is 24.6. The number of nitrogens with zero attached hydrogens (tertiary/aromatic N) is 2. The second-order valence-corrected chi connectivity index (χ2v) is 5.63. The van der Waals surface area contributed by atoms with E-state index in [9.17, 15) is 0 Å². The Kier molecular flexibility index (Phi) is 3.38. The number of thiazole rings is 1. The van der Waals surface area contributed by atoms with E-state index in [0.29, 0.717) is 6.04 Å². The Hall–Kier alpha value is -0.450. The van der Waals surface area contributed by atoms with Crippen LogP contribution in [0.2, 0.25) is 0 Å². The van der Waals surface area contributed by atoms with Gasteiger partial charge in [0.15, 0.2) is 0 Å². The van der Waals surface area contributed by atoms with Crippen molar-refractivity contribution in [2.24, 2.45) is 5.73 Å². The maximum atomic E-state index is 5.78. The highest BCUT2D eigenvalue weighted by molar-refractivity contribution is 7.11. The lowest BCUT2D eigenvalue weighted by atomic mass is 10.2. The number of nitrogens with two attached hydrogens (primary N) is 1. The zero-order valence-electron chi connectivity index (χ0n) is 9.44. The van der Waals surface area contributed by atoms with Crippen LogP contribution in [0.15, 0.2) is 6.20 Å². The molecule has 1 saturated heterocycles. The van der Waals surface area contributed by atoms with Crippen LogP contribution in [0.4, 0.5) is 0 Å². The van der Waals surface area contributed by atoms with E-state index in [1.807, 2.05) is 24.5 Å². The van der Waals surface area contributed by atoms with Gasteiger partial charge in [-0.2, -0.15) is 0 Å². The summed E-state index contributed by atoms with van der Waals surface area (Å²) in [5.74, 6) is 0. The van der Waals surface area contributed by atoms with Crippen LogP contribution in [0.1, 0.15) is 35.7 Å². The van der Waals surface area contributed by atoms with Crippen molar-refractivity contribution in [3.8, 4) is 0 Å². The van der Waals surface area contributed by atoms with E-state index >= 15 is 0 Å². The Bertz CT molecular complexity index is 321. The Labute approximate surface area is 95.3 Å². The summed E-state index contributed by atoms with van der Waals surface area (Å²) in [6.07, 6.45) is 5.49. The SMILES string of the molecule is CC(N)Cc1cnc(C2CCCN2C)s1. The smallest absolute Gasteiger partial charge is 0.110 e. The van der Waals surface area contributed by atoms with Crippen LogP contribution in [0.3, 0.4) is 0 Å². The number of aromatic nitrogens is 1. The zero-order chi connectivity index (χ0) is 10.8. The molecule has 15 heavy (non-hydrogen) atoms. The first kappa shape index (κ1) is 11.0. The fourth-order valence-electron chi connectivity index (χ4n) is 2.11. The predicted octanol–water partition coefficient (Wildman–Crippen LogP) is 1.80. The summed E-state index contributed by atoms with van der Waals surface area (Å²) in [5, 5.41) is 1.27. The van der Waals surface area contributed by atoms with E-state index < -0.39 is 0 Å². The maximum absolute atomic E-state index is 5.78. The van der Waals surface area contributed by atoms with Crippen molar-refractivity contribution in [3.63, 3.8) is 0 Å². The van der Waals surface area contributed by atoms with Gasteiger partial charge in [0.25, 0.3) is 0 Å². The Morgan fingerprint density at radius 1 is 1.73 bits per heavy atom. The first-order valence-electron chi connectivity index (χ1n) is 5.57. The molecule has 0 aromatic carbocycles. The highest BCUT2D eigenvalue weighted by atomic mass is 32.1. The molecule has 0 amide bonds. The third kappa shape index (κ3) is 2.56.